The predicted octanol–water partition coefficient (Wildman–Crippen LogP) is 1.04. The molecule has 1 rings (SSSR count). The number of carbonyl (C=O) groups is 1. The van der Waals surface area contributed by atoms with E-state index in [1.807, 2.05) is 0 Å². The monoisotopic (exact) mass is 213 g/mol. The van der Waals surface area contributed by atoms with Gasteiger partial charge in [-0.25, -0.2) is 4.79 Å². The van der Waals surface area contributed by atoms with Crippen LogP contribution in [0.5, 0.6) is 0 Å². The Kier molecular flexibility index (Phi) is 4.88. The van der Waals surface area contributed by atoms with Gasteiger partial charge in [-0.2, -0.15) is 0 Å². The first-order chi connectivity index (χ1) is 7.15. The third-order valence-corrected chi connectivity index (χ3v) is 2.84. The molecule has 4 heteroatoms. The Labute approximate surface area is 92.4 Å². The lowest BCUT2D eigenvalue weighted by Crippen LogP contribution is -2.41. The van der Waals surface area contributed by atoms with E-state index in [0.717, 1.165) is 12.5 Å². The summed E-state index contributed by atoms with van der Waals surface area (Å²) in [5.41, 5.74) is 0. The van der Waals surface area contributed by atoms with E-state index in [9.17, 15) is 4.79 Å². The highest BCUT2D eigenvalue weighted by atomic mass is 16.2. The van der Waals surface area contributed by atoms with Gasteiger partial charge in [0.05, 0.1) is 0 Å². The van der Waals surface area contributed by atoms with Gasteiger partial charge in [-0.1, -0.05) is 6.92 Å². The fourth-order valence-electron chi connectivity index (χ4n) is 1.73. The second-order valence-electron chi connectivity index (χ2n) is 4.43. The molecular formula is C11H23N3O. The molecular weight excluding hydrogens is 190 g/mol. The number of hydrogen-bond acceptors (Lipinski definition) is 2. The van der Waals surface area contributed by atoms with Crippen LogP contribution < -0.4 is 10.6 Å². The normalized spacial score (nSPS) is 17.3. The standard InChI is InChI=1S/C11H23N3O/c1-4-10(9-5-6-9)12-7-8-13-11(15)14(2)3/h9-10,12H,4-8H2,1-3H3,(H,13,15). The molecule has 0 heterocycles. The third kappa shape index (κ3) is 4.51. The van der Waals surface area contributed by atoms with Crippen LogP contribution in [-0.2, 0) is 0 Å². The number of hydrogen-bond donors (Lipinski definition) is 2. The third-order valence-electron chi connectivity index (χ3n) is 2.84. The van der Waals surface area contributed by atoms with Crippen LogP contribution in [0.1, 0.15) is 26.2 Å². The van der Waals surface area contributed by atoms with Gasteiger partial charge in [0.2, 0.25) is 0 Å². The average molecular weight is 213 g/mol. The average Bonchev–Trinajstić information content (AvgIpc) is 3.01. The van der Waals surface area contributed by atoms with E-state index in [1.54, 1.807) is 19.0 Å². The summed E-state index contributed by atoms with van der Waals surface area (Å²) in [6, 6.07) is 0.637. The zero-order valence-electron chi connectivity index (χ0n) is 10.0. The Morgan fingerprint density at radius 1 is 1.40 bits per heavy atom. The highest BCUT2D eigenvalue weighted by molar-refractivity contribution is 5.73. The smallest absolute Gasteiger partial charge is 0.316 e. The Hall–Kier alpha value is -0.770. The van der Waals surface area contributed by atoms with Crippen LogP contribution in [0.4, 0.5) is 4.79 Å². The predicted molar refractivity (Wildman–Crippen MR) is 61.9 cm³/mol. The van der Waals surface area contributed by atoms with Gasteiger partial charge >= 0.3 is 6.03 Å². The van der Waals surface area contributed by atoms with Crippen molar-refractivity contribution < 1.29 is 4.79 Å². The Bertz CT molecular complexity index is 202. The molecule has 0 aromatic rings. The SMILES string of the molecule is CCC(NCCNC(=O)N(C)C)C1CC1. The Balaban J connectivity index is 2.02. The summed E-state index contributed by atoms with van der Waals surface area (Å²) < 4.78 is 0. The van der Waals surface area contributed by atoms with Gasteiger partial charge in [0, 0.05) is 33.2 Å². The summed E-state index contributed by atoms with van der Waals surface area (Å²) in [4.78, 5) is 12.7. The molecule has 0 saturated heterocycles. The summed E-state index contributed by atoms with van der Waals surface area (Å²) in [5, 5.41) is 6.34. The largest absolute Gasteiger partial charge is 0.337 e. The molecule has 1 unspecified atom stereocenters. The topological polar surface area (TPSA) is 44.4 Å². The van der Waals surface area contributed by atoms with Gasteiger partial charge in [0.25, 0.3) is 0 Å². The fourth-order valence-corrected chi connectivity index (χ4v) is 1.73. The van der Waals surface area contributed by atoms with Gasteiger partial charge in [-0.3, -0.25) is 0 Å². The quantitative estimate of drug-likeness (QED) is 0.647. The molecule has 88 valence electrons. The molecule has 1 aliphatic carbocycles. The summed E-state index contributed by atoms with van der Waals surface area (Å²) in [5.74, 6) is 0.888. The van der Waals surface area contributed by atoms with E-state index in [-0.39, 0.29) is 6.03 Å². The lowest BCUT2D eigenvalue weighted by Gasteiger charge is -2.17. The summed E-state index contributed by atoms with van der Waals surface area (Å²) >= 11 is 0. The van der Waals surface area contributed by atoms with Crippen LogP contribution in [0.2, 0.25) is 0 Å². The summed E-state index contributed by atoms with van der Waals surface area (Å²) in [7, 11) is 3.50. The highest BCUT2D eigenvalue weighted by Crippen LogP contribution is 2.33. The minimum atomic E-state index is -0.0173. The van der Waals surface area contributed by atoms with Crippen LogP contribution in [0.15, 0.2) is 0 Å². The van der Waals surface area contributed by atoms with Crippen molar-refractivity contribution in [2.24, 2.45) is 5.92 Å². The first-order valence-corrected chi connectivity index (χ1v) is 5.83. The molecule has 0 aromatic carbocycles. The van der Waals surface area contributed by atoms with Gasteiger partial charge in [0.1, 0.15) is 0 Å². The molecule has 2 N–H and O–H groups in total. The van der Waals surface area contributed by atoms with Crippen LogP contribution in [0, 0.1) is 5.92 Å². The van der Waals surface area contributed by atoms with Crippen LogP contribution >= 0.6 is 0 Å². The summed E-state index contributed by atoms with van der Waals surface area (Å²) in [6.07, 6.45) is 3.93. The minimum Gasteiger partial charge on any atom is -0.337 e. The molecule has 4 nitrogen and oxygen atoms in total. The van der Waals surface area contributed by atoms with E-state index in [4.69, 9.17) is 0 Å². The van der Waals surface area contributed by atoms with Crippen molar-refractivity contribution in [1.82, 2.24) is 15.5 Å². The molecule has 0 radical (unpaired) electrons. The number of nitrogens with one attached hydrogen (secondary N) is 2. The van der Waals surface area contributed by atoms with Crippen LogP contribution in [0.3, 0.4) is 0 Å². The van der Waals surface area contributed by atoms with Gasteiger partial charge in [-0.15, -0.1) is 0 Å². The zero-order chi connectivity index (χ0) is 11.3. The van der Waals surface area contributed by atoms with E-state index >= 15 is 0 Å². The van der Waals surface area contributed by atoms with Crippen LogP contribution in [-0.4, -0.2) is 44.2 Å². The molecule has 2 amide bonds. The van der Waals surface area contributed by atoms with E-state index in [0.29, 0.717) is 12.6 Å². The summed E-state index contributed by atoms with van der Waals surface area (Å²) in [6.45, 7) is 3.79. The highest BCUT2D eigenvalue weighted by Gasteiger charge is 2.29. The number of carbonyl (C=O) groups excluding carboxylic acids is 1. The van der Waals surface area contributed by atoms with Crippen molar-refractivity contribution in [3.8, 4) is 0 Å². The fraction of sp³-hybridized carbons (Fsp3) is 0.909. The maximum Gasteiger partial charge on any atom is 0.316 e. The molecule has 0 aliphatic heterocycles. The molecule has 1 atom stereocenters. The molecule has 0 bridgehead atoms. The van der Waals surface area contributed by atoms with Gasteiger partial charge < -0.3 is 15.5 Å². The molecule has 0 aromatic heterocycles. The van der Waals surface area contributed by atoms with Crippen molar-refractivity contribution in [2.45, 2.75) is 32.2 Å². The van der Waals surface area contributed by atoms with Crippen LogP contribution in [0.25, 0.3) is 0 Å². The van der Waals surface area contributed by atoms with E-state index < -0.39 is 0 Å². The number of amides is 2. The molecule has 1 fully saturated rings. The van der Waals surface area contributed by atoms with Crippen molar-refractivity contribution in [2.75, 3.05) is 27.2 Å². The number of urea groups is 1. The van der Waals surface area contributed by atoms with E-state index in [1.165, 1.54) is 19.3 Å². The van der Waals surface area contributed by atoms with E-state index in [2.05, 4.69) is 17.6 Å². The first-order valence-electron chi connectivity index (χ1n) is 5.83. The molecule has 1 aliphatic rings. The number of nitrogens with zero attached hydrogens (tertiary/aromatic N) is 1. The van der Waals surface area contributed by atoms with Crippen molar-refractivity contribution in [3.05, 3.63) is 0 Å². The lowest BCUT2D eigenvalue weighted by atomic mass is 10.1. The second-order valence-corrected chi connectivity index (χ2v) is 4.43. The Morgan fingerprint density at radius 3 is 2.53 bits per heavy atom. The molecule has 15 heavy (non-hydrogen) atoms. The Morgan fingerprint density at radius 2 is 2.07 bits per heavy atom. The van der Waals surface area contributed by atoms with Gasteiger partial charge in [-0.05, 0) is 25.2 Å². The lowest BCUT2D eigenvalue weighted by molar-refractivity contribution is 0.217. The first kappa shape index (κ1) is 12.3. The van der Waals surface area contributed by atoms with Crippen molar-refractivity contribution in [3.63, 3.8) is 0 Å². The van der Waals surface area contributed by atoms with Crippen molar-refractivity contribution in [1.29, 1.82) is 0 Å². The van der Waals surface area contributed by atoms with Crippen molar-refractivity contribution >= 4 is 6.03 Å². The van der Waals surface area contributed by atoms with Gasteiger partial charge in [0.15, 0.2) is 0 Å². The molecule has 0 spiro atoms. The molecule has 1 saturated carbocycles. The second kappa shape index (κ2) is 5.95. The minimum absolute atomic E-state index is 0.0173. The maximum absolute atomic E-state index is 11.2. The zero-order valence-corrected chi connectivity index (χ0v) is 10.0. The maximum atomic E-state index is 11.2. The number of rotatable bonds is 6.